The molecular weight excluding hydrogens is 132 g/mol. The summed E-state index contributed by atoms with van der Waals surface area (Å²) in [4.78, 5) is 10.1. The molecule has 1 N–H and O–H groups in total. The molecule has 0 aromatic heterocycles. The molecule has 0 aliphatic carbocycles. The first kappa shape index (κ1) is 7.47. The number of hydrogen-bond acceptors (Lipinski definition) is 3. The fourth-order valence-corrected chi connectivity index (χ4v) is 1.26. The average molecular weight is 144 g/mol. The monoisotopic (exact) mass is 144 g/mol. The maximum absolute atomic E-state index is 10.3. The predicted molar refractivity (Wildman–Crippen MR) is 37.4 cm³/mol. The summed E-state index contributed by atoms with van der Waals surface area (Å²) in [5.74, 6) is 0.233. The van der Waals surface area contributed by atoms with Crippen molar-refractivity contribution in [3.8, 4) is 0 Å². The van der Waals surface area contributed by atoms with Crippen molar-refractivity contribution in [1.82, 2.24) is 5.32 Å². The minimum absolute atomic E-state index is 0.184. The molecular formula is C6H12N2O2. The summed E-state index contributed by atoms with van der Waals surface area (Å²) in [7, 11) is 0. The smallest absolute Gasteiger partial charge is 0.227 e. The lowest BCUT2D eigenvalue weighted by molar-refractivity contribution is -0.531. The van der Waals surface area contributed by atoms with Crippen LogP contribution in [0.25, 0.3) is 0 Å². The standard InChI is InChI=1S/C6H12N2O2/c1-5-2-3-7-4-6(5)8(9)10/h5-7H,2-4H2,1H3/t5-,6+/m1/s1. The number of nitro groups is 1. The molecule has 0 aromatic rings. The van der Waals surface area contributed by atoms with E-state index in [9.17, 15) is 10.1 Å². The van der Waals surface area contributed by atoms with E-state index in [4.69, 9.17) is 0 Å². The third-order valence-corrected chi connectivity index (χ3v) is 2.06. The first-order chi connectivity index (χ1) is 4.72. The summed E-state index contributed by atoms with van der Waals surface area (Å²) in [5.41, 5.74) is 0. The maximum Gasteiger partial charge on any atom is 0.227 e. The van der Waals surface area contributed by atoms with Gasteiger partial charge in [-0.2, -0.15) is 0 Å². The summed E-state index contributed by atoms with van der Waals surface area (Å²) in [6, 6.07) is -0.367. The van der Waals surface area contributed by atoms with Crippen LogP contribution in [0.3, 0.4) is 0 Å². The van der Waals surface area contributed by atoms with Gasteiger partial charge in [0.05, 0.1) is 6.54 Å². The second-order valence-corrected chi connectivity index (χ2v) is 2.82. The van der Waals surface area contributed by atoms with Gasteiger partial charge in [-0.1, -0.05) is 6.92 Å². The third-order valence-electron chi connectivity index (χ3n) is 2.06. The van der Waals surface area contributed by atoms with E-state index < -0.39 is 0 Å². The number of piperidine rings is 1. The van der Waals surface area contributed by atoms with Crippen LogP contribution in [0.5, 0.6) is 0 Å². The molecule has 1 aliphatic rings. The summed E-state index contributed by atoms with van der Waals surface area (Å²) >= 11 is 0. The molecule has 1 aliphatic heterocycles. The number of nitrogens with zero attached hydrogens (tertiary/aromatic N) is 1. The van der Waals surface area contributed by atoms with E-state index in [0.29, 0.717) is 6.54 Å². The molecule has 0 radical (unpaired) electrons. The Labute approximate surface area is 59.8 Å². The van der Waals surface area contributed by atoms with Crippen molar-refractivity contribution >= 4 is 0 Å². The molecule has 0 spiro atoms. The molecule has 4 nitrogen and oxygen atoms in total. The van der Waals surface area contributed by atoms with E-state index in [-0.39, 0.29) is 16.9 Å². The number of nitrogens with one attached hydrogen (secondary N) is 1. The van der Waals surface area contributed by atoms with Crippen molar-refractivity contribution in [3.63, 3.8) is 0 Å². The number of hydrogen-bond donors (Lipinski definition) is 1. The third kappa shape index (κ3) is 1.44. The maximum atomic E-state index is 10.3. The molecule has 0 unspecified atom stereocenters. The normalized spacial score (nSPS) is 33.7. The predicted octanol–water partition coefficient (Wildman–Crippen LogP) is 0.261. The van der Waals surface area contributed by atoms with Crippen molar-refractivity contribution in [1.29, 1.82) is 0 Å². The highest BCUT2D eigenvalue weighted by molar-refractivity contribution is 4.74. The Bertz CT molecular complexity index is 138. The van der Waals surface area contributed by atoms with Crippen molar-refractivity contribution in [2.45, 2.75) is 19.4 Å². The lowest BCUT2D eigenvalue weighted by Crippen LogP contribution is -2.43. The minimum Gasteiger partial charge on any atom is -0.310 e. The largest absolute Gasteiger partial charge is 0.310 e. The van der Waals surface area contributed by atoms with Gasteiger partial charge < -0.3 is 5.32 Å². The van der Waals surface area contributed by atoms with Gasteiger partial charge in [0.2, 0.25) is 6.04 Å². The molecule has 4 heteroatoms. The van der Waals surface area contributed by atoms with Crippen molar-refractivity contribution in [2.24, 2.45) is 5.92 Å². The highest BCUT2D eigenvalue weighted by Crippen LogP contribution is 2.13. The van der Waals surface area contributed by atoms with Crippen LogP contribution in [0.1, 0.15) is 13.3 Å². The highest BCUT2D eigenvalue weighted by Gasteiger charge is 2.29. The van der Waals surface area contributed by atoms with E-state index in [1.807, 2.05) is 6.92 Å². The van der Waals surface area contributed by atoms with Gasteiger partial charge >= 0.3 is 0 Å². The quantitative estimate of drug-likeness (QED) is 0.424. The summed E-state index contributed by atoms with van der Waals surface area (Å²) < 4.78 is 0. The fraction of sp³-hybridized carbons (Fsp3) is 1.00. The van der Waals surface area contributed by atoms with Crippen LogP contribution in [-0.2, 0) is 0 Å². The second kappa shape index (κ2) is 2.96. The topological polar surface area (TPSA) is 55.2 Å². The Balaban J connectivity index is 2.47. The second-order valence-electron chi connectivity index (χ2n) is 2.82. The van der Waals surface area contributed by atoms with Gasteiger partial charge in [-0.25, -0.2) is 0 Å². The zero-order valence-corrected chi connectivity index (χ0v) is 6.04. The summed E-state index contributed by atoms with van der Waals surface area (Å²) in [6.45, 7) is 3.40. The van der Waals surface area contributed by atoms with Crippen LogP contribution >= 0.6 is 0 Å². The lowest BCUT2D eigenvalue weighted by Gasteiger charge is -2.22. The first-order valence-corrected chi connectivity index (χ1v) is 3.56. The lowest BCUT2D eigenvalue weighted by atomic mass is 9.96. The zero-order chi connectivity index (χ0) is 7.56. The molecule has 1 fully saturated rings. The van der Waals surface area contributed by atoms with Crippen LogP contribution < -0.4 is 5.32 Å². The minimum atomic E-state index is -0.367. The van der Waals surface area contributed by atoms with Crippen molar-refractivity contribution < 1.29 is 4.92 Å². The van der Waals surface area contributed by atoms with Crippen LogP contribution in [0.15, 0.2) is 0 Å². The van der Waals surface area contributed by atoms with Crippen LogP contribution in [0, 0.1) is 16.0 Å². The van der Waals surface area contributed by atoms with E-state index in [1.165, 1.54) is 0 Å². The zero-order valence-electron chi connectivity index (χ0n) is 6.04. The fourth-order valence-electron chi connectivity index (χ4n) is 1.26. The van der Waals surface area contributed by atoms with Gasteiger partial charge in [-0.3, -0.25) is 10.1 Å². The van der Waals surface area contributed by atoms with Gasteiger partial charge in [-0.15, -0.1) is 0 Å². The average Bonchev–Trinajstić information content (AvgIpc) is 1.88. The van der Waals surface area contributed by atoms with Crippen molar-refractivity contribution in [2.75, 3.05) is 13.1 Å². The summed E-state index contributed by atoms with van der Waals surface area (Å²) in [5, 5.41) is 13.3. The Kier molecular flexibility index (Phi) is 2.21. The Morgan fingerprint density at radius 2 is 2.40 bits per heavy atom. The Morgan fingerprint density at radius 3 is 2.80 bits per heavy atom. The van der Waals surface area contributed by atoms with Crippen LogP contribution in [-0.4, -0.2) is 24.1 Å². The first-order valence-electron chi connectivity index (χ1n) is 3.56. The molecule has 0 bridgehead atoms. The van der Waals surface area contributed by atoms with Crippen LogP contribution in [0.4, 0.5) is 0 Å². The molecule has 0 saturated carbocycles. The van der Waals surface area contributed by atoms with Gasteiger partial charge in [0, 0.05) is 10.8 Å². The molecule has 1 heterocycles. The molecule has 10 heavy (non-hydrogen) atoms. The Morgan fingerprint density at radius 1 is 1.70 bits per heavy atom. The van der Waals surface area contributed by atoms with E-state index in [2.05, 4.69) is 5.32 Å². The van der Waals surface area contributed by atoms with E-state index in [1.54, 1.807) is 0 Å². The summed E-state index contributed by atoms with van der Waals surface area (Å²) in [6.07, 6.45) is 0.922. The van der Waals surface area contributed by atoms with E-state index in [0.717, 1.165) is 13.0 Å². The van der Waals surface area contributed by atoms with Gasteiger partial charge in [0.1, 0.15) is 0 Å². The van der Waals surface area contributed by atoms with Gasteiger partial charge in [0.25, 0.3) is 0 Å². The van der Waals surface area contributed by atoms with Gasteiger partial charge in [-0.05, 0) is 13.0 Å². The molecule has 0 amide bonds. The number of rotatable bonds is 1. The Hall–Kier alpha value is -0.640. The molecule has 1 rings (SSSR count). The molecule has 0 aromatic carbocycles. The van der Waals surface area contributed by atoms with Crippen LogP contribution in [0.2, 0.25) is 0 Å². The van der Waals surface area contributed by atoms with Gasteiger partial charge in [0.15, 0.2) is 0 Å². The van der Waals surface area contributed by atoms with Crippen molar-refractivity contribution in [3.05, 3.63) is 10.1 Å². The highest BCUT2D eigenvalue weighted by atomic mass is 16.6. The molecule has 1 saturated heterocycles. The SMILES string of the molecule is C[C@@H]1CCNC[C@@H]1[N+](=O)[O-]. The van der Waals surface area contributed by atoms with E-state index >= 15 is 0 Å². The molecule has 2 atom stereocenters. The molecule has 58 valence electrons.